The Morgan fingerprint density at radius 3 is 2.34 bits per heavy atom. The fraction of sp³-hybridized carbons (Fsp3) is 0.292. The minimum atomic E-state index is -4.54. The molecule has 0 spiro atoms. The second-order valence-electron chi connectivity index (χ2n) is 8.05. The van der Waals surface area contributed by atoms with Crippen LogP contribution in [0.25, 0.3) is 5.65 Å². The van der Waals surface area contributed by atoms with Gasteiger partial charge in [0.15, 0.2) is 5.65 Å². The normalized spacial score (nSPS) is 15.4. The van der Waals surface area contributed by atoms with Crippen molar-refractivity contribution in [1.29, 1.82) is 0 Å². The van der Waals surface area contributed by atoms with Crippen LogP contribution in [-0.2, 0) is 12.6 Å². The van der Waals surface area contributed by atoms with Gasteiger partial charge in [-0.25, -0.2) is 0 Å². The van der Waals surface area contributed by atoms with Crippen LogP contribution < -0.4 is 4.90 Å². The second kappa shape index (κ2) is 8.26. The van der Waals surface area contributed by atoms with Crippen molar-refractivity contribution >= 4 is 11.3 Å². The van der Waals surface area contributed by atoms with Gasteiger partial charge in [0.2, 0.25) is 0 Å². The van der Waals surface area contributed by atoms with E-state index >= 15 is 0 Å². The number of aromatic nitrogens is 4. The quantitative estimate of drug-likeness (QED) is 0.445. The molecular weight excluding hydrogens is 415 g/mol. The van der Waals surface area contributed by atoms with Gasteiger partial charge in [-0.05, 0) is 42.5 Å². The minimum absolute atomic E-state index is 0.161. The number of piperidine rings is 1. The highest BCUT2D eigenvalue weighted by molar-refractivity contribution is 5.67. The van der Waals surface area contributed by atoms with Crippen LogP contribution in [0.3, 0.4) is 0 Å². The van der Waals surface area contributed by atoms with Crippen molar-refractivity contribution in [2.75, 3.05) is 18.0 Å². The van der Waals surface area contributed by atoms with Crippen LogP contribution in [0.5, 0.6) is 0 Å². The van der Waals surface area contributed by atoms with E-state index in [2.05, 4.69) is 27.3 Å². The van der Waals surface area contributed by atoms with E-state index in [1.54, 1.807) is 24.5 Å². The van der Waals surface area contributed by atoms with Gasteiger partial charge < -0.3 is 4.90 Å². The van der Waals surface area contributed by atoms with Gasteiger partial charge in [0, 0.05) is 31.2 Å². The Morgan fingerprint density at radius 1 is 0.906 bits per heavy atom. The lowest BCUT2D eigenvalue weighted by atomic mass is 9.89. The summed E-state index contributed by atoms with van der Waals surface area (Å²) in [6, 6.07) is 17.2. The second-order valence-corrected chi connectivity index (χ2v) is 8.05. The van der Waals surface area contributed by atoms with Crippen LogP contribution >= 0.6 is 0 Å². The van der Waals surface area contributed by atoms with Gasteiger partial charge in [-0.2, -0.15) is 13.2 Å². The van der Waals surface area contributed by atoms with Gasteiger partial charge in [0.05, 0.1) is 12.1 Å². The van der Waals surface area contributed by atoms with Crippen molar-refractivity contribution in [2.24, 2.45) is 0 Å². The monoisotopic (exact) mass is 437 g/mol. The van der Waals surface area contributed by atoms with E-state index in [1.165, 1.54) is 9.96 Å². The maximum atomic E-state index is 14.2. The summed E-state index contributed by atoms with van der Waals surface area (Å²) in [5, 5.41) is 7.99. The standard InChI is InChI=1S/C24H22F3N5/c25-24(26,27)22-20(31-13-9-18(10-14-31)17-6-2-1-3-7-17)11-15-32-21(29-30-23(22)32)16-19-8-4-5-12-28-19/h1-8,11-12,15,18H,9-10,13-14,16H2. The van der Waals surface area contributed by atoms with E-state index in [4.69, 9.17) is 0 Å². The van der Waals surface area contributed by atoms with Gasteiger partial charge in [-0.3, -0.25) is 9.38 Å². The zero-order chi connectivity index (χ0) is 22.1. The molecule has 1 fully saturated rings. The number of pyridine rings is 2. The molecule has 0 saturated carbocycles. The Hall–Kier alpha value is -3.42. The summed E-state index contributed by atoms with van der Waals surface area (Å²) in [5.41, 5.74) is 1.26. The predicted molar refractivity (Wildman–Crippen MR) is 116 cm³/mol. The summed E-state index contributed by atoms with van der Waals surface area (Å²) in [6.45, 7) is 1.13. The summed E-state index contributed by atoms with van der Waals surface area (Å²) < 4.78 is 44.0. The van der Waals surface area contributed by atoms with E-state index in [0.717, 1.165) is 18.5 Å². The number of halogens is 3. The first kappa shape index (κ1) is 20.5. The topological polar surface area (TPSA) is 46.3 Å². The highest BCUT2D eigenvalue weighted by atomic mass is 19.4. The molecule has 0 amide bonds. The third-order valence-corrected chi connectivity index (χ3v) is 6.08. The first-order chi connectivity index (χ1) is 15.5. The lowest BCUT2D eigenvalue weighted by Gasteiger charge is -2.35. The molecule has 1 aromatic carbocycles. The van der Waals surface area contributed by atoms with Gasteiger partial charge in [0.25, 0.3) is 0 Å². The number of nitrogens with zero attached hydrogens (tertiary/aromatic N) is 5. The van der Waals surface area contributed by atoms with Crippen molar-refractivity contribution in [3.63, 3.8) is 0 Å². The van der Waals surface area contributed by atoms with Crippen molar-refractivity contribution in [2.45, 2.75) is 31.4 Å². The fourth-order valence-electron chi connectivity index (χ4n) is 4.49. The Kier molecular flexibility index (Phi) is 5.28. The van der Waals surface area contributed by atoms with Crippen LogP contribution in [0.4, 0.5) is 18.9 Å². The minimum Gasteiger partial charge on any atom is -0.371 e. The average molecular weight is 437 g/mol. The molecule has 0 N–H and O–H groups in total. The van der Waals surface area contributed by atoms with Crippen molar-refractivity contribution in [3.8, 4) is 0 Å². The van der Waals surface area contributed by atoms with Crippen LogP contribution in [-0.4, -0.2) is 32.7 Å². The number of fused-ring (bicyclic) bond motifs is 1. The van der Waals surface area contributed by atoms with E-state index in [9.17, 15) is 13.2 Å². The Labute approximate surface area is 183 Å². The molecular formula is C24H22F3N5. The van der Waals surface area contributed by atoms with E-state index in [1.807, 2.05) is 35.2 Å². The molecule has 1 saturated heterocycles. The zero-order valence-electron chi connectivity index (χ0n) is 17.3. The molecule has 0 atom stereocenters. The molecule has 1 aliphatic heterocycles. The van der Waals surface area contributed by atoms with Gasteiger partial charge in [-0.1, -0.05) is 36.4 Å². The van der Waals surface area contributed by atoms with Crippen LogP contribution in [0, 0.1) is 0 Å². The lowest BCUT2D eigenvalue weighted by Crippen LogP contribution is -2.34. The van der Waals surface area contributed by atoms with E-state index in [0.29, 0.717) is 31.3 Å². The summed E-state index contributed by atoms with van der Waals surface area (Å²) in [5.74, 6) is 0.794. The highest BCUT2D eigenvalue weighted by Crippen LogP contribution is 2.41. The fourth-order valence-corrected chi connectivity index (χ4v) is 4.49. The number of hydrogen-bond acceptors (Lipinski definition) is 4. The summed E-state index contributed by atoms with van der Waals surface area (Å²) >= 11 is 0. The molecule has 1 aliphatic rings. The Morgan fingerprint density at radius 2 is 1.66 bits per heavy atom. The SMILES string of the molecule is FC(F)(F)c1c(N2CCC(c3ccccc3)CC2)ccn2c(Cc3ccccn3)nnc12. The van der Waals surface area contributed by atoms with E-state index in [-0.39, 0.29) is 11.3 Å². The van der Waals surface area contributed by atoms with Gasteiger partial charge >= 0.3 is 6.18 Å². The number of alkyl halides is 3. The lowest BCUT2D eigenvalue weighted by molar-refractivity contribution is -0.136. The highest BCUT2D eigenvalue weighted by Gasteiger charge is 2.39. The number of anilines is 1. The Bertz CT molecular complexity index is 1200. The van der Waals surface area contributed by atoms with Crippen LogP contribution in [0.15, 0.2) is 67.0 Å². The zero-order valence-corrected chi connectivity index (χ0v) is 17.3. The maximum Gasteiger partial charge on any atom is 0.422 e. The number of rotatable bonds is 4. The molecule has 0 bridgehead atoms. The summed E-state index contributed by atoms with van der Waals surface area (Å²) in [6.07, 6.45) is 0.678. The molecule has 0 radical (unpaired) electrons. The maximum absolute atomic E-state index is 14.2. The van der Waals surface area contributed by atoms with Gasteiger partial charge in [0.1, 0.15) is 11.4 Å². The largest absolute Gasteiger partial charge is 0.422 e. The first-order valence-electron chi connectivity index (χ1n) is 10.6. The molecule has 4 aromatic rings. The Balaban J connectivity index is 1.46. The van der Waals surface area contributed by atoms with Crippen molar-refractivity contribution in [3.05, 3.63) is 89.6 Å². The number of benzene rings is 1. The van der Waals surface area contributed by atoms with E-state index < -0.39 is 11.7 Å². The molecule has 0 aliphatic carbocycles. The average Bonchev–Trinajstić information content (AvgIpc) is 3.21. The molecule has 3 aromatic heterocycles. The molecule has 164 valence electrons. The van der Waals surface area contributed by atoms with Crippen LogP contribution in [0.2, 0.25) is 0 Å². The molecule has 0 unspecified atom stereocenters. The molecule has 4 heterocycles. The molecule has 8 heteroatoms. The summed E-state index contributed by atoms with van der Waals surface area (Å²) in [4.78, 5) is 6.07. The third-order valence-electron chi connectivity index (χ3n) is 6.08. The molecule has 5 rings (SSSR count). The van der Waals surface area contributed by atoms with Gasteiger partial charge in [-0.15, -0.1) is 10.2 Å². The first-order valence-corrected chi connectivity index (χ1v) is 10.6. The molecule has 5 nitrogen and oxygen atoms in total. The smallest absolute Gasteiger partial charge is 0.371 e. The predicted octanol–water partition coefficient (Wildman–Crippen LogP) is 5.12. The summed E-state index contributed by atoms with van der Waals surface area (Å²) in [7, 11) is 0. The molecule has 32 heavy (non-hydrogen) atoms. The van der Waals surface area contributed by atoms with Crippen molar-refractivity contribution in [1.82, 2.24) is 19.6 Å². The number of hydrogen-bond donors (Lipinski definition) is 0. The van der Waals surface area contributed by atoms with Crippen molar-refractivity contribution < 1.29 is 13.2 Å². The third kappa shape index (κ3) is 3.92. The van der Waals surface area contributed by atoms with Crippen LogP contribution in [0.1, 0.15) is 41.4 Å².